The van der Waals surface area contributed by atoms with E-state index in [4.69, 9.17) is 0 Å². The molecule has 0 N–H and O–H groups in total. The first kappa shape index (κ1) is 15.5. The Labute approximate surface area is 128 Å². The molecule has 120 valence electrons. The molecule has 7 heteroatoms. The summed E-state index contributed by atoms with van der Waals surface area (Å²) in [6, 6.07) is 9.63. The average molecular weight is 327 g/mol. The van der Waals surface area contributed by atoms with Gasteiger partial charge in [-0.15, -0.1) is 0 Å². The van der Waals surface area contributed by atoms with Crippen LogP contribution >= 0.6 is 0 Å². The Morgan fingerprint density at radius 3 is 2.00 bits per heavy atom. The fourth-order valence-corrected chi connectivity index (χ4v) is 2.56. The lowest BCUT2D eigenvalue weighted by Gasteiger charge is -2.46. The molecular weight excluding hydrogens is 317 g/mol. The van der Waals surface area contributed by atoms with Crippen molar-refractivity contribution in [3.63, 3.8) is 0 Å². The standard InChI is InChI=1S/C16H10F5NO/c17-15(18)13(10-6-8-11(9-7-10)16(19,20)21)22(14(15)23)12-4-2-1-3-5-12/h1-9,13H/t13-/m0/s1. The fourth-order valence-electron chi connectivity index (χ4n) is 2.56. The highest BCUT2D eigenvalue weighted by molar-refractivity contribution is 6.07. The van der Waals surface area contributed by atoms with Crippen molar-refractivity contribution in [1.82, 2.24) is 0 Å². The third kappa shape index (κ3) is 2.46. The third-order valence-electron chi connectivity index (χ3n) is 3.69. The van der Waals surface area contributed by atoms with Crippen LogP contribution in [0.1, 0.15) is 17.2 Å². The number of carbonyl (C=O) groups is 1. The quantitative estimate of drug-likeness (QED) is 0.590. The normalized spacial score (nSPS) is 20.3. The molecule has 2 nitrogen and oxygen atoms in total. The van der Waals surface area contributed by atoms with Crippen LogP contribution in [-0.2, 0) is 11.0 Å². The fraction of sp³-hybridized carbons (Fsp3) is 0.188. The zero-order valence-electron chi connectivity index (χ0n) is 11.5. The van der Waals surface area contributed by atoms with Gasteiger partial charge in [0.1, 0.15) is 6.04 Å². The number of nitrogens with zero attached hydrogens (tertiary/aromatic N) is 1. The van der Waals surface area contributed by atoms with Gasteiger partial charge in [0.15, 0.2) is 0 Å². The minimum absolute atomic E-state index is 0.0496. The molecule has 0 bridgehead atoms. The van der Waals surface area contributed by atoms with E-state index < -0.39 is 29.6 Å². The lowest BCUT2D eigenvalue weighted by molar-refractivity contribution is -0.162. The van der Waals surface area contributed by atoms with Crippen molar-refractivity contribution < 1.29 is 26.7 Å². The number of rotatable bonds is 2. The second-order valence-electron chi connectivity index (χ2n) is 5.16. The van der Waals surface area contributed by atoms with Gasteiger partial charge in [0, 0.05) is 5.69 Å². The number of hydrogen-bond donors (Lipinski definition) is 0. The van der Waals surface area contributed by atoms with Crippen molar-refractivity contribution >= 4 is 11.6 Å². The number of para-hydroxylation sites is 1. The Hall–Kier alpha value is -2.44. The van der Waals surface area contributed by atoms with E-state index >= 15 is 0 Å². The van der Waals surface area contributed by atoms with Crippen LogP contribution in [0.15, 0.2) is 54.6 Å². The van der Waals surface area contributed by atoms with Crippen molar-refractivity contribution in [3.8, 4) is 0 Å². The van der Waals surface area contributed by atoms with E-state index in [-0.39, 0.29) is 11.3 Å². The molecule has 1 fully saturated rings. The van der Waals surface area contributed by atoms with Crippen LogP contribution in [0.4, 0.5) is 27.6 Å². The van der Waals surface area contributed by atoms with Gasteiger partial charge < -0.3 is 0 Å². The van der Waals surface area contributed by atoms with Gasteiger partial charge >= 0.3 is 18.0 Å². The van der Waals surface area contributed by atoms with Gasteiger partial charge in [-0.2, -0.15) is 22.0 Å². The lowest BCUT2D eigenvalue weighted by atomic mass is 9.88. The topological polar surface area (TPSA) is 20.3 Å². The van der Waals surface area contributed by atoms with Gasteiger partial charge in [0.25, 0.3) is 0 Å². The maximum atomic E-state index is 13.9. The minimum atomic E-state index is -4.55. The van der Waals surface area contributed by atoms with Crippen LogP contribution in [-0.4, -0.2) is 11.8 Å². The second-order valence-corrected chi connectivity index (χ2v) is 5.16. The molecule has 0 aromatic heterocycles. The van der Waals surface area contributed by atoms with Crippen molar-refractivity contribution in [2.75, 3.05) is 4.90 Å². The molecule has 23 heavy (non-hydrogen) atoms. The van der Waals surface area contributed by atoms with Gasteiger partial charge in [-0.05, 0) is 29.8 Å². The molecule has 0 aliphatic carbocycles. The monoisotopic (exact) mass is 327 g/mol. The molecule has 0 unspecified atom stereocenters. The Kier molecular flexibility index (Phi) is 3.39. The van der Waals surface area contributed by atoms with Gasteiger partial charge in [-0.3, -0.25) is 9.69 Å². The first-order chi connectivity index (χ1) is 10.7. The molecule has 3 rings (SSSR count). The summed E-state index contributed by atoms with van der Waals surface area (Å²) in [5, 5.41) is 0. The molecule has 2 aromatic carbocycles. The van der Waals surface area contributed by atoms with Crippen molar-refractivity contribution in [3.05, 3.63) is 65.7 Å². The molecule has 1 heterocycles. The number of alkyl halides is 5. The highest BCUT2D eigenvalue weighted by Gasteiger charge is 2.64. The Morgan fingerprint density at radius 1 is 0.913 bits per heavy atom. The van der Waals surface area contributed by atoms with E-state index in [9.17, 15) is 26.7 Å². The predicted octanol–water partition coefficient (Wildman–Crippen LogP) is 4.43. The van der Waals surface area contributed by atoms with Crippen molar-refractivity contribution in [2.24, 2.45) is 0 Å². The van der Waals surface area contributed by atoms with Crippen LogP contribution in [0, 0.1) is 0 Å². The molecule has 1 aliphatic rings. The largest absolute Gasteiger partial charge is 0.416 e. The van der Waals surface area contributed by atoms with Crippen LogP contribution in [0.3, 0.4) is 0 Å². The zero-order chi connectivity index (χ0) is 16.8. The van der Waals surface area contributed by atoms with E-state index in [2.05, 4.69) is 0 Å². The minimum Gasteiger partial charge on any atom is -0.293 e. The van der Waals surface area contributed by atoms with Gasteiger partial charge in [0.2, 0.25) is 0 Å². The molecule has 1 atom stereocenters. The van der Waals surface area contributed by atoms with Crippen molar-refractivity contribution in [2.45, 2.75) is 18.1 Å². The summed E-state index contributed by atoms with van der Waals surface area (Å²) < 4.78 is 65.6. The molecular formula is C16H10F5NO. The number of β-lactam (4-membered cyclic amide) rings is 1. The summed E-state index contributed by atoms with van der Waals surface area (Å²) in [6.45, 7) is 0. The lowest BCUT2D eigenvalue weighted by Crippen LogP contribution is -2.64. The number of benzene rings is 2. The van der Waals surface area contributed by atoms with E-state index in [1.165, 1.54) is 12.1 Å². The molecule has 2 aromatic rings. The van der Waals surface area contributed by atoms with Gasteiger partial charge in [-0.25, -0.2) is 0 Å². The smallest absolute Gasteiger partial charge is 0.293 e. The van der Waals surface area contributed by atoms with Gasteiger partial charge in [0.05, 0.1) is 5.56 Å². The summed E-state index contributed by atoms with van der Waals surface area (Å²) in [5.41, 5.74) is -0.707. The van der Waals surface area contributed by atoms with Crippen LogP contribution in [0.2, 0.25) is 0 Å². The maximum absolute atomic E-state index is 13.9. The molecule has 1 aliphatic heterocycles. The van der Waals surface area contributed by atoms with Crippen LogP contribution in [0.5, 0.6) is 0 Å². The Balaban J connectivity index is 1.97. The Bertz CT molecular complexity index is 724. The van der Waals surface area contributed by atoms with Crippen LogP contribution < -0.4 is 4.90 Å². The highest BCUT2D eigenvalue weighted by Crippen LogP contribution is 2.49. The van der Waals surface area contributed by atoms with E-state index in [1.807, 2.05) is 0 Å². The summed E-state index contributed by atoms with van der Waals surface area (Å²) in [7, 11) is 0. The molecule has 1 amide bonds. The van der Waals surface area contributed by atoms with Gasteiger partial charge in [-0.1, -0.05) is 30.3 Å². The Morgan fingerprint density at radius 2 is 1.48 bits per heavy atom. The first-order valence-electron chi connectivity index (χ1n) is 6.66. The van der Waals surface area contributed by atoms with Crippen LogP contribution in [0.25, 0.3) is 0 Å². The molecule has 0 saturated carbocycles. The zero-order valence-corrected chi connectivity index (χ0v) is 11.5. The maximum Gasteiger partial charge on any atom is 0.416 e. The third-order valence-corrected chi connectivity index (χ3v) is 3.69. The number of anilines is 1. The first-order valence-corrected chi connectivity index (χ1v) is 6.66. The summed E-state index contributed by atoms with van der Waals surface area (Å²) in [5.74, 6) is -5.01. The summed E-state index contributed by atoms with van der Waals surface area (Å²) in [6.07, 6.45) is -4.55. The van der Waals surface area contributed by atoms with Crippen molar-refractivity contribution in [1.29, 1.82) is 0 Å². The predicted molar refractivity (Wildman–Crippen MR) is 73.1 cm³/mol. The summed E-state index contributed by atoms with van der Waals surface area (Å²) >= 11 is 0. The SMILES string of the molecule is O=C1N(c2ccccc2)[C@@H](c2ccc(C(F)(F)F)cc2)C1(F)F. The van der Waals surface area contributed by atoms with E-state index in [0.29, 0.717) is 0 Å². The number of carbonyl (C=O) groups excluding carboxylic acids is 1. The number of amides is 1. The molecule has 1 saturated heterocycles. The van der Waals surface area contributed by atoms with E-state index in [0.717, 1.165) is 29.2 Å². The molecule has 0 radical (unpaired) electrons. The average Bonchev–Trinajstić information content (AvgIpc) is 2.52. The highest BCUT2D eigenvalue weighted by atomic mass is 19.4. The second kappa shape index (κ2) is 5.04. The molecule has 0 spiro atoms. The van der Waals surface area contributed by atoms with E-state index in [1.54, 1.807) is 18.2 Å². The number of halogens is 5. The number of hydrogen-bond acceptors (Lipinski definition) is 1. The summed E-state index contributed by atoms with van der Waals surface area (Å²) in [4.78, 5) is 12.6.